The lowest BCUT2D eigenvalue weighted by Crippen LogP contribution is -2.33. The van der Waals surface area contributed by atoms with Crippen molar-refractivity contribution < 1.29 is 20.1 Å². The molecule has 0 spiro atoms. The normalized spacial score (nSPS) is 25.9. The highest BCUT2D eigenvalue weighted by atomic mass is 16.5. The molecule has 0 amide bonds. The molecular formula is C23H25NO4. The van der Waals surface area contributed by atoms with Crippen LogP contribution in [0.1, 0.15) is 59.6 Å². The second kappa shape index (κ2) is 7.65. The zero-order valence-electron chi connectivity index (χ0n) is 15.7. The van der Waals surface area contributed by atoms with Crippen LogP contribution in [0.5, 0.6) is 0 Å². The first-order valence-corrected chi connectivity index (χ1v) is 9.80. The highest BCUT2D eigenvalue weighted by Crippen LogP contribution is 2.45. The van der Waals surface area contributed by atoms with Crippen molar-refractivity contribution in [3.05, 3.63) is 70.3 Å². The molecule has 0 aromatic heterocycles. The van der Waals surface area contributed by atoms with E-state index in [-0.39, 0.29) is 18.8 Å². The van der Waals surface area contributed by atoms with E-state index in [2.05, 4.69) is 6.07 Å². The van der Waals surface area contributed by atoms with Gasteiger partial charge in [-0.25, -0.2) is 0 Å². The molecule has 3 atom stereocenters. The van der Waals surface area contributed by atoms with Crippen LogP contribution in [0, 0.1) is 11.3 Å². The van der Waals surface area contributed by atoms with Crippen LogP contribution in [0.25, 0.3) is 0 Å². The Morgan fingerprint density at radius 2 is 1.86 bits per heavy atom. The molecule has 2 aromatic rings. The summed E-state index contributed by atoms with van der Waals surface area (Å²) in [6, 6.07) is 15.8. The van der Waals surface area contributed by atoms with Gasteiger partial charge in [-0.15, -0.1) is 0 Å². The summed E-state index contributed by atoms with van der Waals surface area (Å²) in [7, 11) is 0. The summed E-state index contributed by atoms with van der Waals surface area (Å²) in [5.74, 6) is 0. The van der Waals surface area contributed by atoms with Gasteiger partial charge in [-0.3, -0.25) is 0 Å². The Morgan fingerprint density at radius 1 is 1.11 bits per heavy atom. The molecule has 1 saturated carbocycles. The molecule has 3 N–H and O–H groups in total. The van der Waals surface area contributed by atoms with Gasteiger partial charge in [0.05, 0.1) is 42.2 Å². The van der Waals surface area contributed by atoms with Crippen molar-refractivity contribution in [2.45, 2.75) is 56.0 Å². The van der Waals surface area contributed by atoms with E-state index in [1.165, 1.54) is 0 Å². The molecule has 1 saturated heterocycles. The summed E-state index contributed by atoms with van der Waals surface area (Å²) in [5, 5.41) is 39.2. The predicted molar refractivity (Wildman–Crippen MR) is 103 cm³/mol. The topological polar surface area (TPSA) is 93.7 Å². The van der Waals surface area contributed by atoms with Crippen molar-refractivity contribution in [3.63, 3.8) is 0 Å². The number of benzene rings is 2. The Kier molecular flexibility index (Phi) is 5.22. The molecule has 0 bridgehead atoms. The Hall–Kier alpha value is -2.23. The van der Waals surface area contributed by atoms with Gasteiger partial charge in [0.2, 0.25) is 0 Å². The van der Waals surface area contributed by atoms with Crippen LogP contribution in [0.3, 0.4) is 0 Å². The van der Waals surface area contributed by atoms with E-state index in [1.807, 2.05) is 36.4 Å². The molecule has 0 radical (unpaired) electrons. The van der Waals surface area contributed by atoms with E-state index in [1.54, 1.807) is 6.07 Å². The van der Waals surface area contributed by atoms with Crippen molar-refractivity contribution >= 4 is 0 Å². The van der Waals surface area contributed by atoms with Gasteiger partial charge in [-0.2, -0.15) is 5.26 Å². The minimum Gasteiger partial charge on any atom is -0.394 e. The summed E-state index contributed by atoms with van der Waals surface area (Å²) >= 11 is 0. The largest absolute Gasteiger partial charge is 0.394 e. The molecule has 2 aliphatic rings. The second-order valence-corrected chi connectivity index (χ2v) is 7.99. The molecule has 5 heteroatoms. The number of aliphatic hydroxyl groups is 3. The lowest BCUT2D eigenvalue weighted by molar-refractivity contribution is -0.113. The van der Waals surface area contributed by atoms with Crippen molar-refractivity contribution in [3.8, 4) is 6.07 Å². The molecule has 5 nitrogen and oxygen atoms in total. The van der Waals surface area contributed by atoms with Crippen LogP contribution < -0.4 is 0 Å². The Bertz CT molecular complexity index is 882. The van der Waals surface area contributed by atoms with E-state index in [0.29, 0.717) is 24.8 Å². The number of hydrogen-bond acceptors (Lipinski definition) is 5. The molecule has 2 aromatic carbocycles. The second-order valence-electron chi connectivity index (χ2n) is 7.99. The maximum atomic E-state index is 10.2. The van der Waals surface area contributed by atoms with E-state index >= 15 is 0 Å². The average Bonchev–Trinajstić information content (AvgIpc) is 3.46. The monoisotopic (exact) mass is 379 g/mol. The van der Waals surface area contributed by atoms with Crippen molar-refractivity contribution in [2.24, 2.45) is 0 Å². The van der Waals surface area contributed by atoms with E-state index < -0.39 is 11.7 Å². The lowest BCUT2D eigenvalue weighted by Gasteiger charge is -2.32. The zero-order valence-corrected chi connectivity index (χ0v) is 15.7. The Balaban J connectivity index is 1.56. The van der Waals surface area contributed by atoms with Gasteiger partial charge in [-0.05, 0) is 47.6 Å². The molecule has 1 aliphatic carbocycles. The molecule has 3 unspecified atom stereocenters. The van der Waals surface area contributed by atoms with Crippen LogP contribution in [-0.2, 0) is 16.8 Å². The summed E-state index contributed by atoms with van der Waals surface area (Å²) in [4.78, 5) is 0. The molecule has 146 valence electrons. The third-order valence-electron chi connectivity index (χ3n) is 5.81. The Labute approximate surface area is 164 Å². The first-order chi connectivity index (χ1) is 13.5. The van der Waals surface area contributed by atoms with Crippen LogP contribution >= 0.6 is 0 Å². The summed E-state index contributed by atoms with van der Waals surface area (Å²) in [6.07, 6.45) is 1.99. The summed E-state index contributed by atoms with van der Waals surface area (Å²) in [5.41, 5.74) is 3.81. The molecular weight excluding hydrogens is 354 g/mol. The standard InChI is InChI=1S/C23H25NO4/c24-13-17-4-3-16(22-12-20(26)11-21(14-25)28-22)10-18(17)9-15-1-5-19(6-2-15)23(27)7-8-23/h1-6,10,20-22,25-27H,7-9,11-12,14H2. The van der Waals surface area contributed by atoms with Gasteiger partial charge < -0.3 is 20.1 Å². The third kappa shape index (κ3) is 3.96. The molecule has 4 rings (SSSR count). The smallest absolute Gasteiger partial charge is 0.0994 e. The maximum Gasteiger partial charge on any atom is 0.0994 e. The van der Waals surface area contributed by atoms with Crippen LogP contribution in [-0.4, -0.2) is 34.1 Å². The fourth-order valence-electron chi connectivity index (χ4n) is 3.95. The van der Waals surface area contributed by atoms with Gasteiger partial charge in [-0.1, -0.05) is 36.4 Å². The predicted octanol–water partition coefficient (Wildman–Crippen LogP) is 2.70. The van der Waals surface area contributed by atoms with E-state index in [0.717, 1.165) is 35.1 Å². The fourth-order valence-corrected chi connectivity index (χ4v) is 3.95. The maximum absolute atomic E-state index is 10.2. The van der Waals surface area contributed by atoms with Gasteiger partial charge in [0.25, 0.3) is 0 Å². The minimum absolute atomic E-state index is 0.116. The van der Waals surface area contributed by atoms with Crippen molar-refractivity contribution in [1.82, 2.24) is 0 Å². The quantitative estimate of drug-likeness (QED) is 0.743. The van der Waals surface area contributed by atoms with Crippen LogP contribution in [0.15, 0.2) is 42.5 Å². The first-order valence-electron chi connectivity index (χ1n) is 9.80. The SMILES string of the molecule is N#Cc1ccc(C2CC(O)CC(CO)O2)cc1Cc1ccc(C2(O)CC2)cc1. The van der Waals surface area contributed by atoms with Gasteiger partial charge >= 0.3 is 0 Å². The van der Waals surface area contributed by atoms with Gasteiger partial charge in [0.15, 0.2) is 0 Å². The van der Waals surface area contributed by atoms with E-state index in [4.69, 9.17) is 4.74 Å². The number of rotatable bonds is 5. The van der Waals surface area contributed by atoms with Crippen LogP contribution in [0.2, 0.25) is 0 Å². The number of aliphatic hydroxyl groups excluding tert-OH is 2. The summed E-state index contributed by atoms with van der Waals surface area (Å²) < 4.78 is 5.91. The third-order valence-corrected chi connectivity index (χ3v) is 5.81. The number of nitrogens with zero attached hydrogens (tertiary/aromatic N) is 1. The molecule has 2 fully saturated rings. The number of ether oxygens (including phenoxy) is 1. The Morgan fingerprint density at radius 3 is 2.50 bits per heavy atom. The highest BCUT2D eigenvalue weighted by molar-refractivity contribution is 5.44. The van der Waals surface area contributed by atoms with Gasteiger partial charge in [0, 0.05) is 12.8 Å². The molecule has 1 heterocycles. The lowest BCUT2D eigenvalue weighted by atomic mass is 9.92. The fraction of sp³-hybridized carbons (Fsp3) is 0.435. The van der Waals surface area contributed by atoms with Crippen LogP contribution in [0.4, 0.5) is 0 Å². The molecule has 1 aliphatic heterocycles. The highest BCUT2D eigenvalue weighted by Gasteiger charge is 2.41. The van der Waals surface area contributed by atoms with E-state index in [9.17, 15) is 20.6 Å². The average molecular weight is 379 g/mol. The zero-order chi connectivity index (χ0) is 19.7. The minimum atomic E-state index is -0.640. The van der Waals surface area contributed by atoms with Crippen molar-refractivity contribution in [2.75, 3.05) is 6.61 Å². The number of hydrogen-bond donors (Lipinski definition) is 3. The molecule has 28 heavy (non-hydrogen) atoms. The number of nitriles is 1. The first kappa shape index (κ1) is 19.1. The van der Waals surface area contributed by atoms with Gasteiger partial charge in [0.1, 0.15) is 0 Å². The van der Waals surface area contributed by atoms with Crippen molar-refractivity contribution in [1.29, 1.82) is 5.26 Å². The summed E-state index contributed by atoms with van der Waals surface area (Å²) in [6.45, 7) is -0.116.